The third kappa shape index (κ3) is 4.57. The quantitative estimate of drug-likeness (QED) is 0.397. The van der Waals surface area contributed by atoms with Gasteiger partial charge in [-0.2, -0.15) is 0 Å². The Hall–Kier alpha value is -2.83. The van der Waals surface area contributed by atoms with E-state index in [1.54, 1.807) is 12.1 Å². The molecule has 1 aromatic carbocycles. The number of pyridine rings is 1. The third-order valence-corrected chi connectivity index (χ3v) is 7.41. The molecule has 1 aliphatic heterocycles. The molecule has 34 heavy (non-hydrogen) atoms. The summed E-state index contributed by atoms with van der Waals surface area (Å²) in [5.41, 5.74) is 2.56. The van der Waals surface area contributed by atoms with Gasteiger partial charge in [-0.25, -0.2) is 9.78 Å². The summed E-state index contributed by atoms with van der Waals surface area (Å²) < 4.78 is 5.78. The SMILES string of the molecule is CC1(/C=C/c2c(-c3c(Cl)cccc3Cl)noc2C2CC2)CCN(c2ccc(C(=O)O)cn2)CC1. The predicted molar refractivity (Wildman–Crippen MR) is 134 cm³/mol. The lowest BCUT2D eigenvalue weighted by Crippen LogP contribution is -2.38. The molecule has 1 aliphatic carbocycles. The molecule has 2 fully saturated rings. The summed E-state index contributed by atoms with van der Waals surface area (Å²) in [6.07, 6.45) is 9.90. The zero-order valence-corrected chi connectivity index (χ0v) is 20.3. The number of aromatic nitrogens is 2. The maximum absolute atomic E-state index is 11.1. The first-order valence-electron chi connectivity index (χ1n) is 11.4. The van der Waals surface area contributed by atoms with Crippen molar-refractivity contribution >= 4 is 41.1 Å². The van der Waals surface area contributed by atoms with Crippen molar-refractivity contribution in [1.29, 1.82) is 0 Å². The van der Waals surface area contributed by atoms with Crippen molar-refractivity contribution in [2.24, 2.45) is 5.41 Å². The number of halogens is 2. The van der Waals surface area contributed by atoms with Gasteiger partial charge in [-0.3, -0.25) is 0 Å². The Morgan fingerprint density at radius 2 is 1.88 bits per heavy atom. The van der Waals surface area contributed by atoms with Gasteiger partial charge >= 0.3 is 5.97 Å². The molecule has 0 spiro atoms. The number of carbonyl (C=O) groups is 1. The lowest BCUT2D eigenvalue weighted by Gasteiger charge is -2.38. The monoisotopic (exact) mass is 497 g/mol. The van der Waals surface area contributed by atoms with Crippen molar-refractivity contribution in [2.45, 2.75) is 38.5 Å². The second-order valence-electron chi connectivity index (χ2n) is 9.36. The Morgan fingerprint density at radius 1 is 1.18 bits per heavy atom. The van der Waals surface area contributed by atoms with Crippen LogP contribution in [0.3, 0.4) is 0 Å². The smallest absolute Gasteiger partial charge is 0.337 e. The van der Waals surface area contributed by atoms with E-state index in [1.807, 2.05) is 18.2 Å². The maximum atomic E-state index is 11.1. The average Bonchev–Trinajstić information content (AvgIpc) is 3.58. The molecule has 176 valence electrons. The summed E-state index contributed by atoms with van der Waals surface area (Å²) in [6, 6.07) is 8.84. The van der Waals surface area contributed by atoms with Gasteiger partial charge in [0, 0.05) is 36.3 Å². The molecule has 0 amide bonds. The van der Waals surface area contributed by atoms with Crippen LogP contribution in [0.2, 0.25) is 10.0 Å². The van der Waals surface area contributed by atoms with Crippen LogP contribution in [0.15, 0.2) is 47.1 Å². The first-order valence-corrected chi connectivity index (χ1v) is 12.2. The number of anilines is 1. The summed E-state index contributed by atoms with van der Waals surface area (Å²) in [7, 11) is 0. The van der Waals surface area contributed by atoms with Crippen molar-refractivity contribution in [3.63, 3.8) is 0 Å². The fraction of sp³-hybridized carbons (Fsp3) is 0.346. The van der Waals surface area contributed by atoms with E-state index in [0.717, 1.165) is 55.9 Å². The third-order valence-electron chi connectivity index (χ3n) is 6.78. The van der Waals surface area contributed by atoms with Crippen molar-refractivity contribution < 1.29 is 14.4 Å². The van der Waals surface area contributed by atoms with Crippen LogP contribution in [0.5, 0.6) is 0 Å². The lowest BCUT2D eigenvalue weighted by molar-refractivity contribution is 0.0696. The molecule has 3 aromatic rings. The Morgan fingerprint density at radius 3 is 2.47 bits per heavy atom. The summed E-state index contributed by atoms with van der Waals surface area (Å²) in [5, 5.41) is 14.6. The molecule has 0 unspecified atom stereocenters. The Kier molecular flexibility index (Phi) is 6.13. The highest BCUT2D eigenvalue weighted by molar-refractivity contribution is 6.39. The molecule has 0 atom stereocenters. The highest BCUT2D eigenvalue weighted by Crippen LogP contribution is 2.47. The maximum Gasteiger partial charge on any atom is 0.337 e. The molecule has 2 aliphatic rings. The summed E-state index contributed by atoms with van der Waals surface area (Å²) in [4.78, 5) is 17.6. The van der Waals surface area contributed by atoms with Gasteiger partial charge in [-0.1, -0.05) is 53.5 Å². The van der Waals surface area contributed by atoms with E-state index in [-0.39, 0.29) is 11.0 Å². The molecule has 6 nitrogen and oxygen atoms in total. The molecular formula is C26H25Cl2N3O3. The number of carboxylic acids is 1. The molecule has 5 rings (SSSR count). The zero-order chi connectivity index (χ0) is 23.9. The van der Waals surface area contributed by atoms with E-state index in [2.05, 4.69) is 34.1 Å². The molecule has 1 saturated carbocycles. The van der Waals surface area contributed by atoms with E-state index in [4.69, 9.17) is 32.8 Å². The van der Waals surface area contributed by atoms with Crippen LogP contribution in [0.1, 0.15) is 60.2 Å². The van der Waals surface area contributed by atoms with Crippen molar-refractivity contribution in [3.8, 4) is 11.3 Å². The zero-order valence-electron chi connectivity index (χ0n) is 18.8. The van der Waals surface area contributed by atoms with E-state index < -0.39 is 5.97 Å². The minimum atomic E-state index is -0.966. The standard InChI is InChI=1S/C26H25Cl2N3O3/c1-26(11-13-31(14-12-26)21-8-7-17(15-29-21)25(32)33)10-9-18-23(30-34-24(18)16-5-6-16)22-19(27)3-2-4-20(22)28/h2-4,7-10,15-16H,5-6,11-14H2,1H3,(H,32,33)/b10-9+. The number of hydrogen-bond donors (Lipinski definition) is 1. The average molecular weight is 498 g/mol. The van der Waals surface area contributed by atoms with Gasteiger partial charge in [0.2, 0.25) is 0 Å². The molecule has 8 heteroatoms. The topological polar surface area (TPSA) is 79.5 Å². The first-order chi connectivity index (χ1) is 16.3. The number of piperidine rings is 1. The van der Waals surface area contributed by atoms with E-state index >= 15 is 0 Å². The lowest BCUT2D eigenvalue weighted by atomic mass is 9.79. The van der Waals surface area contributed by atoms with Gasteiger partial charge in [0.25, 0.3) is 0 Å². The Balaban J connectivity index is 1.36. The van der Waals surface area contributed by atoms with E-state index in [0.29, 0.717) is 27.2 Å². The second kappa shape index (κ2) is 9.08. The number of allylic oxidation sites excluding steroid dienone is 1. The van der Waals surface area contributed by atoms with Crippen LogP contribution in [0, 0.1) is 5.41 Å². The molecule has 2 aromatic heterocycles. The van der Waals surface area contributed by atoms with E-state index in [9.17, 15) is 4.79 Å². The number of aromatic carboxylic acids is 1. The van der Waals surface area contributed by atoms with Crippen LogP contribution in [0.25, 0.3) is 17.3 Å². The van der Waals surface area contributed by atoms with Gasteiger partial charge in [-0.15, -0.1) is 0 Å². The van der Waals surface area contributed by atoms with Crippen LogP contribution in [-0.2, 0) is 0 Å². The highest BCUT2D eigenvalue weighted by atomic mass is 35.5. The van der Waals surface area contributed by atoms with Gasteiger partial charge < -0.3 is 14.5 Å². The van der Waals surface area contributed by atoms with Crippen molar-refractivity contribution in [3.05, 3.63) is 69.5 Å². The largest absolute Gasteiger partial charge is 0.478 e. The van der Waals surface area contributed by atoms with Gasteiger partial charge in [0.1, 0.15) is 17.3 Å². The molecule has 0 bridgehead atoms. The number of nitrogens with zero attached hydrogens (tertiary/aromatic N) is 3. The predicted octanol–water partition coefficient (Wildman–Crippen LogP) is 6.94. The molecule has 0 radical (unpaired) electrons. The van der Waals surface area contributed by atoms with E-state index in [1.165, 1.54) is 6.20 Å². The number of benzene rings is 1. The van der Waals surface area contributed by atoms with Gasteiger partial charge in [0.05, 0.1) is 15.6 Å². The minimum absolute atomic E-state index is 0.00283. The van der Waals surface area contributed by atoms with Crippen molar-refractivity contribution in [1.82, 2.24) is 10.1 Å². The second-order valence-corrected chi connectivity index (χ2v) is 10.2. The molecule has 1 saturated heterocycles. The first kappa shape index (κ1) is 22.9. The Labute approximate surface area is 208 Å². The number of rotatable bonds is 6. The van der Waals surface area contributed by atoms with Crippen molar-refractivity contribution in [2.75, 3.05) is 18.0 Å². The molecular weight excluding hydrogens is 473 g/mol. The molecule has 1 N–H and O–H groups in total. The summed E-state index contributed by atoms with van der Waals surface area (Å²) in [6.45, 7) is 3.93. The summed E-state index contributed by atoms with van der Waals surface area (Å²) in [5.74, 6) is 1.15. The van der Waals surface area contributed by atoms with Crippen LogP contribution in [-0.4, -0.2) is 34.3 Å². The van der Waals surface area contributed by atoms with Gasteiger partial charge in [0.15, 0.2) is 0 Å². The fourth-order valence-electron chi connectivity index (χ4n) is 4.41. The minimum Gasteiger partial charge on any atom is -0.478 e. The normalized spacial score (nSPS) is 17.9. The van der Waals surface area contributed by atoms with Crippen LogP contribution < -0.4 is 4.90 Å². The van der Waals surface area contributed by atoms with Crippen LogP contribution in [0.4, 0.5) is 5.82 Å². The summed E-state index contributed by atoms with van der Waals surface area (Å²) >= 11 is 13.0. The number of hydrogen-bond acceptors (Lipinski definition) is 5. The Bertz CT molecular complexity index is 1220. The van der Waals surface area contributed by atoms with Gasteiger partial charge in [-0.05, 0) is 55.4 Å². The number of carboxylic acid groups (broad SMARTS) is 1. The molecule has 3 heterocycles. The fourth-order valence-corrected chi connectivity index (χ4v) is 4.99. The highest BCUT2D eigenvalue weighted by Gasteiger charge is 2.34. The van der Waals surface area contributed by atoms with Crippen LogP contribution >= 0.6 is 23.2 Å².